The van der Waals surface area contributed by atoms with Crippen LogP contribution in [-0.4, -0.2) is 49.9 Å². The summed E-state index contributed by atoms with van der Waals surface area (Å²) in [6.45, 7) is 5.11. The van der Waals surface area contributed by atoms with Crippen molar-refractivity contribution in [2.45, 2.75) is 6.92 Å². The molecule has 0 aliphatic carbocycles. The lowest BCUT2D eigenvalue weighted by Gasteiger charge is -2.13. The molecule has 0 saturated carbocycles. The Hall–Kier alpha value is -4.28. The first-order valence-electron chi connectivity index (χ1n) is 12.1. The average molecular weight is 569 g/mol. The smallest absolute Gasteiger partial charge is 0.323 e. The summed E-state index contributed by atoms with van der Waals surface area (Å²) in [5, 5.41) is 17.8. The quantitative estimate of drug-likeness (QED) is 0.254. The number of urea groups is 2. The molecule has 2 aliphatic heterocycles. The summed E-state index contributed by atoms with van der Waals surface area (Å²) in [5.41, 5.74) is 5.28. The van der Waals surface area contributed by atoms with E-state index >= 15 is 0 Å². The Morgan fingerprint density at radius 1 is 0.641 bits per heavy atom. The largest absolute Gasteiger partial charge is 0.368 e. The molecule has 3 aromatic rings. The van der Waals surface area contributed by atoms with Crippen molar-refractivity contribution in [3.63, 3.8) is 0 Å². The molecular weight excluding hydrogens is 539 g/mol. The monoisotopic (exact) mass is 568 g/mol. The highest BCUT2D eigenvalue weighted by atomic mass is 35.5. The molecule has 5 rings (SSSR count). The zero-order valence-corrected chi connectivity index (χ0v) is 22.8. The lowest BCUT2D eigenvalue weighted by Crippen LogP contribution is -2.22. The molecule has 0 bridgehead atoms. The summed E-state index contributed by atoms with van der Waals surface area (Å²) in [4.78, 5) is 33.9. The first kappa shape index (κ1) is 29.3. The second-order valence-electron chi connectivity index (χ2n) is 8.66. The van der Waals surface area contributed by atoms with E-state index in [-0.39, 0.29) is 36.9 Å². The number of nitrogens with zero attached hydrogens (tertiary/aromatic N) is 2. The average Bonchev–Trinajstić information content (AvgIpc) is 3.62. The van der Waals surface area contributed by atoms with E-state index in [1.165, 1.54) is 0 Å². The number of amidine groups is 2. The molecule has 2 aliphatic rings. The lowest BCUT2D eigenvalue weighted by molar-refractivity contribution is 0.261. The van der Waals surface area contributed by atoms with Crippen LogP contribution < -0.4 is 31.9 Å². The zero-order chi connectivity index (χ0) is 25.6. The van der Waals surface area contributed by atoms with E-state index in [1.807, 2.05) is 61.5 Å². The van der Waals surface area contributed by atoms with Crippen LogP contribution in [0.4, 0.5) is 32.3 Å². The maximum absolute atomic E-state index is 12.6. The molecular formula is C27H30Cl2N8O2. The number of halogens is 2. The van der Waals surface area contributed by atoms with Gasteiger partial charge in [-0.1, -0.05) is 6.07 Å². The summed E-state index contributed by atoms with van der Waals surface area (Å²) in [6.07, 6.45) is 0. The summed E-state index contributed by atoms with van der Waals surface area (Å²) < 4.78 is 0. The minimum Gasteiger partial charge on any atom is -0.368 e. The molecule has 0 unspecified atom stereocenters. The number of hydrogen-bond acceptors (Lipinski definition) is 6. The van der Waals surface area contributed by atoms with Gasteiger partial charge in [0.15, 0.2) is 0 Å². The zero-order valence-electron chi connectivity index (χ0n) is 21.2. The van der Waals surface area contributed by atoms with Crippen LogP contribution in [0.2, 0.25) is 0 Å². The summed E-state index contributed by atoms with van der Waals surface area (Å²) in [5.74, 6) is 1.74. The van der Waals surface area contributed by atoms with Crippen molar-refractivity contribution in [1.29, 1.82) is 0 Å². The number of amides is 4. The second-order valence-corrected chi connectivity index (χ2v) is 8.66. The fourth-order valence-corrected chi connectivity index (χ4v) is 4.02. The van der Waals surface area contributed by atoms with E-state index in [0.717, 1.165) is 54.5 Å². The third-order valence-electron chi connectivity index (χ3n) is 5.92. The van der Waals surface area contributed by atoms with Crippen molar-refractivity contribution in [3.8, 4) is 0 Å². The van der Waals surface area contributed by atoms with Gasteiger partial charge in [-0.2, -0.15) is 0 Å². The number of carbonyl (C=O) groups is 2. The third-order valence-corrected chi connectivity index (χ3v) is 5.92. The van der Waals surface area contributed by atoms with Crippen LogP contribution in [-0.2, 0) is 0 Å². The molecule has 2 heterocycles. The lowest BCUT2D eigenvalue weighted by atomic mass is 10.1. The highest BCUT2D eigenvalue weighted by molar-refractivity contribution is 6.04. The van der Waals surface area contributed by atoms with Crippen molar-refractivity contribution in [2.75, 3.05) is 47.4 Å². The number of nitrogens with one attached hydrogen (secondary N) is 6. The van der Waals surface area contributed by atoms with Crippen LogP contribution in [0.15, 0.2) is 76.7 Å². The van der Waals surface area contributed by atoms with Crippen LogP contribution >= 0.6 is 24.8 Å². The Morgan fingerprint density at radius 3 is 1.54 bits per heavy atom. The fraction of sp³-hybridized carbons (Fsp3) is 0.185. The molecule has 204 valence electrons. The molecule has 0 spiro atoms. The number of rotatable bonds is 6. The topological polar surface area (TPSA) is 131 Å². The van der Waals surface area contributed by atoms with Crippen molar-refractivity contribution in [1.82, 2.24) is 10.6 Å². The molecule has 10 nitrogen and oxygen atoms in total. The fourth-order valence-electron chi connectivity index (χ4n) is 4.02. The number of benzene rings is 3. The Balaban J connectivity index is 0.00000210. The van der Waals surface area contributed by atoms with Crippen LogP contribution in [0, 0.1) is 6.92 Å². The molecule has 0 aromatic heterocycles. The van der Waals surface area contributed by atoms with Gasteiger partial charge in [-0.3, -0.25) is 9.98 Å². The molecule has 39 heavy (non-hydrogen) atoms. The number of aliphatic imine (C=N–C) groups is 2. The van der Waals surface area contributed by atoms with Crippen molar-refractivity contribution >= 4 is 71.3 Å². The first-order valence-corrected chi connectivity index (χ1v) is 12.1. The van der Waals surface area contributed by atoms with Gasteiger partial charge in [0.05, 0.1) is 13.1 Å². The van der Waals surface area contributed by atoms with Gasteiger partial charge in [0.1, 0.15) is 11.7 Å². The molecule has 6 N–H and O–H groups in total. The number of aryl methyl sites for hydroxylation is 1. The molecule has 0 atom stereocenters. The van der Waals surface area contributed by atoms with Gasteiger partial charge in [0, 0.05) is 47.0 Å². The Morgan fingerprint density at radius 2 is 1.08 bits per heavy atom. The minimum atomic E-state index is -0.384. The van der Waals surface area contributed by atoms with Gasteiger partial charge >= 0.3 is 12.1 Å². The number of anilines is 4. The summed E-state index contributed by atoms with van der Waals surface area (Å²) in [6, 6.07) is 19.5. The maximum atomic E-state index is 12.6. The second kappa shape index (κ2) is 13.5. The highest BCUT2D eigenvalue weighted by Crippen LogP contribution is 2.21. The first-order chi connectivity index (χ1) is 18.0. The van der Waals surface area contributed by atoms with Crippen molar-refractivity contribution in [3.05, 3.63) is 83.4 Å². The SMILES string of the molecule is Cc1ccc(NC(=O)Nc2ccc(C3=NCCN3)cc2)cc1NC(=O)Nc1ccc(C2=NCCN2)cc1.Cl.Cl. The van der Waals surface area contributed by atoms with Gasteiger partial charge in [-0.05, 0) is 73.2 Å². The van der Waals surface area contributed by atoms with Crippen LogP contribution in [0.1, 0.15) is 16.7 Å². The molecule has 0 saturated heterocycles. The van der Waals surface area contributed by atoms with Gasteiger partial charge in [0.25, 0.3) is 0 Å². The molecule has 0 radical (unpaired) electrons. The van der Waals surface area contributed by atoms with Gasteiger partial charge in [-0.25, -0.2) is 9.59 Å². The van der Waals surface area contributed by atoms with E-state index in [4.69, 9.17) is 0 Å². The Labute approximate surface area is 239 Å². The van der Waals surface area contributed by atoms with Gasteiger partial charge in [0.2, 0.25) is 0 Å². The van der Waals surface area contributed by atoms with Crippen molar-refractivity contribution < 1.29 is 9.59 Å². The van der Waals surface area contributed by atoms with E-state index < -0.39 is 0 Å². The number of carbonyl (C=O) groups excluding carboxylic acids is 2. The van der Waals surface area contributed by atoms with E-state index in [1.54, 1.807) is 12.1 Å². The van der Waals surface area contributed by atoms with Crippen LogP contribution in [0.3, 0.4) is 0 Å². The van der Waals surface area contributed by atoms with Crippen LogP contribution in [0.25, 0.3) is 0 Å². The predicted molar refractivity (Wildman–Crippen MR) is 163 cm³/mol. The van der Waals surface area contributed by atoms with E-state index in [0.29, 0.717) is 22.7 Å². The Kier molecular flexibility index (Phi) is 10.1. The maximum Gasteiger partial charge on any atom is 0.323 e. The minimum absolute atomic E-state index is 0. The van der Waals surface area contributed by atoms with Gasteiger partial charge < -0.3 is 31.9 Å². The van der Waals surface area contributed by atoms with Gasteiger partial charge in [-0.15, -0.1) is 24.8 Å². The highest BCUT2D eigenvalue weighted by Gasteiger charge is 2.11. The third kappa shape index (κ3) is 7.62. The standard InChI is InChI=1S/C27H28N8O2.2ClH/c1-17-2-7-22(34-26(36)32-20-8-3-18(4-9-20)24-28-12-13-29-24)16-23(17)35-27(37)33-21-10-5-19(6-11-21)25-30-14-15-31-25;;/h2-11,16H,12-15H2,1H3,(H,28,29)(H,30,31)(H2,32,34,36)(H2,33,35,37);2*1H. The predicted octanol–water partition coefficient (Wildman–Crippen LogP) is 4.83. The van der Waals surface area contributed by atoms with E-state index in [2.05, 4.69) is 41.9 Å². The van der Waals surface area contributed by atoms with Crippen LogP contribution in [0.5, 0.6) is 0 Å². The van der Waals surface area contributed by atoms with Crippen molar-refractivity contribution in [2.24, 2.45) is 9.98 Å². The summed E-state index contributed by atoms with van der Waals surface area (Å²) >= 11 is 0. The Bertz CT molecular complexity index is 1380. The molecule has 12 heteroatoms. The normalized spacial score (nSPS) is 13.4. The molecule has 4 amide bonds. The molecule has 0 fully saturated rings. The summed E-state index contributed by atoms with van der Waals surface area (Å²) in [7, 11) is 0. The van der Waals surface area contributed by atoms with E-state index in [9.17, 15) is 9.59 Å². The number of hydrogen-bond donors (Lipinski definition) is 6. The molecule has 3 aromatic carbocycles.